The van der Waals surface area contributed by atoms with Crippen LogP contribution >= 0.6 is 11.8 Å². The maximum absolute atomic E-state index is 5.95. The summed E-state index contributed by atoms with van der Waals surface area (Å²) in [5, 5.41) is 0. The van der Waals surface area contributed by atoms with Crippen LogP contribution < -0.4 is 10.5 Å². The van der Waals surface area contributed by atoms with Crippen LogP contribution in [-0.4, -0.2) is 22.1 Å². The Labute approximate surface area is 123 Å². The minimum Gasteiger partial charge on any atom is -0.481 e. The molecule has 5 nitrogen and oxygen atoms in total. The lowest BCUT2D eigenvalue weighted by Gasteiger charge is -2.13. The molecule has 0 unspecified atom stereocenters. The first kappa shape index (κ1) is 14.6. The molecule has 6 heteroatoms. The van der Waals surface area contributed by atoms with E-state index in [0.29, 0.717) is 23.4 Å². The molecule has 20 heavy (non-hydrogen) atoms. The van der Waals surface area contributed by atoms with Crippen molar-refractivity contribution >= 4 is 17.6 Å². The van der Waals surface area contributed by atoms with Crippen LogP contribution in [0.25, 0.3) is 0 Å². The van der Waals surface area contributed by atoms with E-state index in [1.165, 1.54) is 11.8 Å². The molecule has 0 saturated carbocycles. The normalized spacial score (nSPS) is 10.8. The number of methoxy groups -OCH3 is 1. The van der Waals surface area contributed by atoms with Crippen LogP contribution in [0.2, 0.25) is 0 Å². The molecule has 2 aromatic rings. The van der Waals surface area contributed by atoms with Gasteiger partial charge in [-0.15, -0.1) is 0 Å². The number of nitrogens with zero attached hydrogens (tertiary/aromatic N) is 3. The summed E-state index contributed by atoms with van der Waals surface area (Å²) in [6.45, 7) is 6.07. The van der Waals surface area contributed by atoms with Crippen LogP contribution in [0.5, 0.6) is 5.88 Å². The molecule has 2 heterocycles. The maximum atomic E-state index is 5.95. The fourth-order valence-electron chi connectivity index (χ4n) is 1.74. The Balaban J connectivity index is 2.40. The molecule has 2 rings (SSSR count). The largest absolute Gasteiger partial charge is 0.481 e. The van der Waals surface area contributed by atoms with Gasteiger partial charge in [-0.1, -0.05) is 25.6 Å². The number of aromatic nitrogens is 3. The second-order valence-corrected chi connectivity index (χ2v) is 5.77. The molecule has 106 valence electrons. The van der Waals surface area contributed by atoms with Crippen LogP contribution in [0.15, 0.2) is 28.3 Å². The molecule has 0 fully saturated rings. The standard InChI is InChI=1S/C14H18N4OS/c1-8(2)10-6-17-13(19-4)5-11(10)20-12-7-16-9(3)18-14(12)15/h5-8H,1-4H3,(H2,15,16,18). The van der Waals surface area contributed by atoms with Gasteiger partial charge in [0.2, 0.25) is 5.88 Å². The lowest BCUT2D eigenvalue weighted by Crippen LogP contribution is -1.99. The van der Waals surface area contributed by atoms with Crippen molar-refractivity contribution in [2.75, 3.05) is 12.8 Å². The molecular weight excluding hydrogens is 272 g/mol. The molecule has 2 aromatic heterocycles. The fraction of sp³-hybridized carbons (Fsp3) is 0.357. The summed E-state index contributed by atoms with van der Waals surface area (Å²) in [7, 11) is 1.61. The lowest BCUT2D eigenvalue weighted by atomic mass is 10.1. The lowest BCUT2D eigenvalue weighted by molar-refractivity contribution is 0.396. The van der Waals surface area contributed by atoms with Crippen LogP contribution in [0, 0.1) is 6.92 Å². The summed E-state index contributed by atoms with van der Waals surface area (Å²) in [6, 6.07) is 1.92. The highest BCUT2D eigenvalue weighted by Crippen LogP contribution is 2.36. The predicted octanol–water partition coefficient (Wildman–Crippen LogP) is 3.05. The zero-order valence-corrected chi connectivity index (χ0v) is 12.9. The summed E-state index contributed by atoms with van der Waals surface area (Å²) >= 11 is 1.54. The number of hydrogen-bond acceptors (Lipinski definition) is 6. The van der Waals surface area contributed by atoms with E-state index in [0.717, 1.165) is 15.4 Å². The Bertz CT molecular complexity index is 616. The van der Waals surface area contributed by atoms with Crippen molar-refractivity contribution in [3.63, 3.8) is 0 Å². The zero-order valence-electron chi connectivity index (χ0n) is 12.0. The summed E-state index contributed by atoms with van der Waals surface area (Å²) in [4.78, 5) is 14.5. The molecule has 0 bridgehead atoms. The third-order valence-electron chi connectivity index (χ3n) is 2.82. The van der Waals surface area contributed by atoms with Gasteiger partial charge in [-0.25, -0.2) is 15.0 Å². The summed E-state index contributed by atoms with van der Waals surface area (Å²) in [6.07, 6.45) is 3.59. The van der Waals surface area contributed by atoms with Gasteiger partial charge in [-0.2, -0.15) is 0 Å². The van der Waals surface area contributed by atoms with E-state index in [-0.39, 0.29) is 0 Å². The van der Waals surface area contributed by atoms with Gasteiger partial charge in [0.25, 0.3) is 0 Å². The highest BCUT2D eigenvalue weighted by atomic mass is 32.2. The molecule has 0 aliphatic heterocycles. The SMILES string of the molecule is COc1cc(Sc2cnc(C)nc2N)c(C(C)C)cn1. The topological polar surface area (TPSA) is 73.9 Å². The summed E-state index contributed by atoms with van der Waals surface area (Å²) in [5.41, 5.74) is 7.10. The molecule has 0 aliphatic rings. The van der Waals surface area contributed by atoms with E-state index < -0.39 is 0 Å². The van der Waals surface area contributed by atoms with Crippen molar-refractivity contribution in [3.8, 4) is 5.88 Å². The van der Waals surface area contributed by atoms with Crippen molar-refractivity contribution in [2.24, 2.45) is 0 Å². The van der Waals surface area contributed by atoms with Gasteiger partial charge < -0.3 is 10.5 Å². The van der Waals surface area contributed by atoms with Gasteiger partial charge in [-0.05, 0) is 18.4 Å². The Kier molecular flexibility index (Phi) is 4.44. The summed E-state index contributed by atoms with van der Waals surface area (Å²) < 4.78 is 5.19. The van der Waals surface area contributed by atoms with Gasteiger partial charge in [0.05, 0.1) is 12.0 Å². The fourth-order valence-corrected chi connectivity index (χ4v) is 2.80. The Morgan fingerprint density at radius 1 is 1.20 bits per heavy atom. The van der Waals surface area contributed by atoms with Gasteiger partial charge in [0.1, 0.15) is 11.6 Å². The van der Waals surface area contributed by atoms with Gasteiger partial charge in [0.15, 0.2) is 0 Å². The molecule has 0 saturated heterocycles. The molecule has 0 aromatic carbocycles. The smallest absolute Gasteiger partial charge is 0.214 e. The second kappa shape index (κ2) is 6.09. The number of aryl methyl sites for hydroxylation is 1. The van der Waals surface area contributed by atoms with Crippen molar-refractivity contribution < 1.29 is 4.74 Å². The molecule has 2 N–H and O–H groups in total. The van der Waals surface area contributed by atoms with Crippen LogP contribution in [0.1, 0.15) is 31.2 Å². The van der Waals surface area contributed by atoms with E-state index >= 15 is 0 Å². The number of pyridine rings is 1. The van der Waals surface area contributed by atoms with Crippen LogP contribution in [0.4, 0.5) is 5.82 Å². The van der Waals surface area contributed by atoms with E-state index in [1.54, 1.807) is 13.3 Å². The number of hydrogen-bond donors (Lipinski definition) is 1. The van der Waals surface area contributed by atoms with Crippen molar-refractivity contribution in [1.82, 2.24) is 15.0 Å². The highest BCUT2D eigenvalue weighted by Gasteiger charge is 2.13. The third-order valence-corrected chi connectivity index (χ3v) is 3.93. The van der Waals surface area contributed by atoms with E-state index in [1.807, 2.05) is 19.2 Å². The van der Waals surface area contributed by atoms with Crippen LogP contribution in [-0.2, 0) is 0 Å². The number of nitrogen functional groups attached to an aromatic ring is 1. The number of rotatable bonds is 4. The van der Waals surface area contributed by atoms with Crippen molar-refractivity contribution in [1.29, 1.82) is 0 Å². The predicted molar refractivity (Wildman–Crippen MR) is 80.2 cm³/mol. The maximum Gasteiger partial charge on any atom is 0.214 e. The van der Waals surface area contributed by atoms with Gasteiger partial charge >= 0.3 is 0 Å². The third kappa shape index (κ3) is 3.19. The van der Waals surface area contributed by atoms with Gasteiger partial charge in [0, 0.05) is 23.4 Å². The number of ether oxygens (including phenoxy) is 1. The van der Waals surface area contributed by atoms with Crippen molar-refractivity contribution in [3.05, 3.63) is 29.8 Å². The Morgan fingerprint density at radius 2 is 1.95 bits per heavy atom. The first-order chi connectivity index (χ1) is 9.51. The van der Waals surface area contributed by atoms with E-state index in [9.17, 15) is 0 Å². The average molecular weight is 290 g/mol. The molecular formula is C14H18N4OS. The van der Waals surface area contributed by atoms with Crippen molar-refractivity contribution in [2.45, 2.75) is 36.5 Å². The minimum absolute atomic E-state index is 0.364. The average Bonchev–Trinajstić information content (AvgIpc) is 2.41. The number of nitrogens with two attached hydrogens (primary N) is 1. The van der Waals surface area contributed by atoms with E-state index in [2.05, 4.69) is 28.8 Å². The minimum atomic E-state index is 0.364. The van der Waals surface area contributed by atoms with Crippen LogP contribution in [0.3, 0.4) is 0 Å². The summed E-state index contributed by atoms with van der Waals surface area (Å²) in [5.74, 6) is 2.11. The number of anilines is 1. The second-order valence-electron chi connectivity index (χ2n) is 4.69. The molecule has 0 amide bonds. The highest BCUT2D eigenvalue weighted by molar-refractivity contribution is 7.99. The zero-order chi connectivity index (χ0) is 14.7. The first-order valence-corrected chi connectivity index (χ1v) is 7.13. The van der Waals surface area contributed by atoms with Gasteiger partial charge in [-0.3, -0.25) is 0 Å². The Hall–Kier alpha value is -1.82. The monoisotopic (exact) mass is 290 g/mol. The molecule has 0 aliphatic carbocycles. The molecule has 0 spiro atoms. The molecule has 0 radical (unpaired) electrons. The quantitative estimate of drug-likeness (QED) is 0.933. The van der Waals surface area contributed by atoms with E-state index in [4.69, 9.17) is 10.5 Å². The first-order valence-electron chi connectivity index (χ1n) is 6.32. The Morgan fingerprint density at radius 3 is 2.55 bits per heavy atom. The molecule has 0 atom stereocenters.